The monoisotopic (exact) mass is 320 g/mol. The molecule has 5 nitrogen and oxygen atoms in total. The Kier molecular flexibility index (Phi) is 3.78. The summed E-state index contributed by atoms with van der Waals surface area (Å²) in [5.41, 5.74) is 5.95. The van der Waals surface area contributed by atoms with Crippen LogP contribution < -0.4 is 5.32 Å². The number of hydrogen-bond donors (Lipinski definition) is 1. The van der Waals surface area contributed by atoms with Gasteiger partial charge in [0.05, 0.1) is 11.7 Å². The van der Waals surface area contributed by atoms with Gasteiger partial charge in [0, 0.05) is 44.0 Å². The second-order valence-electron chi connectivity index (χ2n) is 6.33. The predicted octanol–water partition coefficient (Wildman–Crippen LogP) is 2.85. The van der Waals surface area contributed by atoms with Crippen LogP contribution >= 0.6 is 0 Å². The second-order valence-corrected chi connectivity index (χ2v) is 6.33. The van der Waals surface area contributed by atoms with Crippen LogP contribution in [0.2, 0.25) is 0 Å². The van der Waals surface area contributed by atoms with E-state index in [0.717, 1.165) is 37.3 Å². The minimum Gasteiger partial charge on any atom is -0.326 e. The maximum atomic E-state index is 11.3. The number of pyridine rings is 1. The van der Waals surface area contributed by atoms with E-state index >= 15 is 0 Å². The number of anilines is 1. The van der Waals surface area contributed by atoms with Crippen LogP contribution in [0.25, 0.3) is 5.52 Å². The predicted molar refractivity (Wildman–Crippen MR) is 93.8 cm³/mol. The molecule has 0 saturated carbocycles. The molecule has 0 spiro atoms. The van der Waals surface area contributed by atoms with Crippen molar-refractivity contribution in [3.8, 4) is 0 Å². The van der Waals surface area contributed by atoms with E-state index in [1.54, 1.807) is 0 Å². The summed E-state index contributed by atoms with van der Waals surface area (Å²) in [5, 5.41) is 7.29. The molecule has 0 fully saturated rings. The number of amides is 1. The third-order valence-electron chi connectivity index (χ3n) is 4.52. The molecule has 5 heteroatoms. The van der Waals surface area contributed by atoms with Crippen molar-refractivity contribution < 1.29 is 4.79 Å². The van der Waals surface area contributed by atoms with Gasteiger partial charge < -0.3 is 5.32 Å². The zero-order chi connectivity index (χ0) is 16.5. The Morgan fingerprint density at radius 3 is 3.04 bits per heavy atom. The molecule has 1 N–H and O–H groups in total. The van der Waals surface area contributed by atoms with E-state index in [4.69, 9.17) is 0 Å². The van der Waals surface area contributed by atoms with E-state index in [-0.39, 0.29) is 5.91 Å². The quantitative estimate of drug-likeness (QED) is 0.807. The molecule has 4 rings (SSSR count). The lowest BCUT2D eigenvalue weighted by Gasteiger charge is -2.28. The molecule has 0 unspecified atom stereocenters. The van der Waals surface area contributed by atoms with Crippen molar-refractivity contribution in [2.45, 2.75) is 26.4 Å². The fourth-order valence-electron chi connectivity index (χ4n) is 3.38. The Bertz CT molecular complexity index is 899. The van der Waals surface area contributed by atoms with Crippen LogP contribution in [0, 0.1) is 0 Å². The minimum absolute atomic E-state index is 0.0334. The van der Waals surface area contributed by atoms with Crippen molar-refractivity contribution in [2.24, 2.45) is 0 Å². The average molecular weight is 320 g/mol. The molecule has 1 aromatic carbocycles. The van der Waals surface area contributed by atoms with Gasteiger partial charge >= 0.3 is 0 Å². The number of carbonyl (C=O) groups excluding carboxylic acids is 1. The second kappa shape index (κ2) is 6.09. The van der Waals surface area contributed by atoms with Gasteiger partial charge in [-0.3, -0.25) is 9.69 Å². The van der Waals surface area contributed by atoms with Gasteiger partial charge in [0.2, 0.25) is 5.91 Å². The molecule has 0 bridgehead atoms. The van der Waals surface area contributed by atoms with Crippen LogP contribution in [-0.4, -0.2) is 27.0 Å². The summed E-state index contributed by atoms with van der Waals surface area (Å²) in [7, 11) is 0. The molecule has 3 heterocycles. The van der Waals surface area contributed by atoms with Crippen molar-refractivity contribution in [1.29, 1.82) is 0 Å². The Balaban J connectivity index is 1.54. The van der Waals surface area contributed by atoms with Gasteiger partial charge in [-0.15, -0.1) is 0 Å². The van der Waals surface area contributed by atoms with Crippen LogP contribution in [0.1, 0.15) is 23.6 Å². The lowest BCUT2D eigenvalue weighted by atomic mass is 9.98. The molecule has 1 aliphatic rings. The molecule has 3 aromatic rings. The molecule has 0 radical (unpaired) electrons. The standard InChI is InChI=1S/C19H20N4O/c1-14(24)21-18-6-5-15-7-9-22(12-16(15)10-18)13-17-11-20-23-8-3-2-4-19(17)23/h2-6,8,10-11H,7,9,12-13H2,1H3,(H,21,24). The third-order valence-corrected chi connectivity index (χ3v) is 4.52. The Hall–Kier alpha value is -2.66. The summed E-state index contributed by atoms with van der Waals surface area (Å²) in [6, 6.07) is 12.4. The molecule has 0 saturated heterocycles. The number of nitrogens with one attached hydrogen (secondary N) is 1. The van der Waals surface area contributed by atoms with E-state index in [9.17, 15) is 4.79 Å². The first-order valence-electron chi connectivity index (χ1n) is 8.22. The summed E-state index contributed by atoms with van der Waals surface area (Å²) in [4.78, 5) is 13.7. The number of rotatable bonds is 3. The normalized spacial score (nSPS) is 14.5. The fraction of sp³-hybridized carbons (Fsp3) is 0.263. The Labute approximate surface area is 140 Å². The Morgan fingerprint density at radius 1 is 1.25 bits per heavy atom. The van der Waals surface area contributed by atoms with Crippen molar-refractivity contribution >= 4 is 17.1 Å². The fourth-order valence-corrected chi connectivity index (χ4v) is 3.38. The van der Waals surface area contributed by atoms with E-state index in [1.165, 1.54) is 23.6 Å². The number of carbonyl (C=O) groups is 1. The topological polar surface area (TPSA) is 49.6 Å². The molecule has 1 aliphatic heterocycles. The highest BCUT2D eigenvalue weighted by molar-refractivity contribution is 5.88. The summed E-state index contributed by atoms with van der Waals surface area (Å²) in [6.07, 6.45) is 4.97. The summed E-state index contributed by atoms with van der Waals surface area (Å²) < 4.78 is 1.92. The van der Waals surface area contributed by atoms with Gasteiger partial charge in [-0.05, 0) is 41.8 Å². The van der Waals surface area contributed by atoms with Crippen LogP contribution in [0.4, 0.5) is 5.69 Å². The third kappa shape index (κ3) is 2.90. The zero-order valence-corrected chi connectivity index (χ0v) is 13.7. The SMILES string of the molecule is CC(=O)Nc1ccc2c(c1)CN(Cc1cnn3ccccc13)CC2. The van der Waals surface area contributed by atoms with Crippen LogP contribution in [0.3, 0.4) is 0 Å². The largest absolute Gasteiger partial charge is 0.326 e. The van der Waals surface area contributed by atoms with Crippen molar-refractivity contribution in [3.63, 3.8) is 0 Å². The highest BCUT2D eigenvalue weighted by atomic mass is 16.1. The first kappa shape index (κ1) is 14.9. The maximum absolute atomic E-state index is 11.3. The maximum Gasteiger partial charge on any atom is 0.221 e. The number of aromatic nitrogens is 2. The smallest absolute Gasteiger partial charge is 0.221 e. The van der Waals surface area contributed by atoms with Crippen LogP contribution in [-0.2, 0) is 24.3 Å². The number of benzene rings is 1. The minimum atomic E-state index is -0.0334. The summed E-state index contributed by atoms with van der Waals surface area (Å²) in [6.45, 7) is 4.36. The molecular weight excluding hydrogens is 300 g/mol. The highest BCUT2D eigenvalue weighted by Crippen LogP contribution is 2.24. The van der Waals surface area contributed by atoms with E-state index in [2.05, 4.69) is 33.5 Å². The highest BCUT2D eigenvalue weighted by Gasteiger charge is 2.18. The van der Waals surface area contributed by atoms with Crippen LogP contribution in [0.5, 0.6) is 0 Å². The van der Waals surface area contributed by atoms with Gasteiger partial charge in [-0.1, -0.05) is 12.1 Å². The molecule has 122 valence electrons. The molecule has 1 amide bonds. The molecule has 0 aliphatic carbocycles. The van der Waals surface area contributed by atoms with Gasteiger partial charge in [-0.2, -0.15) is 5.10 Å². The number of nitrogens with zero attached hydrogens (tertiary/aromatic N) is 3. The number of fused-ring (bicyclic) bond motifs is 2. The molecule has 24 heavy (non-hydrogen) atoms. The van der Waals surface area contributed by atoms with Gasteiger partial charge in [-0.25, -0.2) is 4.52 Å². The van der Waals surface area contributed by atoms with Crippen molar-refractivity contribution in [2.75, 3.05) is 11.9 Å². The lowest BCUT2D eigenvalue weighted by Crippen LogP contribution is -2.30. The first-order chi connectivity index (χ1) is 11.7. The van der Waals surface area contributed by atoms with Gasteiger partial charge in [0.15, 0.2) is 0 Å². The molecular formula is C19H20N4O. The van der Waals surface area contributed by atoms with E-state index in [1.807, 2.05) is 35.1 Å². The van der Waals surface area contributed by atoms with Crippen LogP contribution in [0.15, 0.2) is 48.8 Å². The van der Waals surface area contributed by atoms with Gasteiger partial charge in [0.25, 0.3) is 0 Å². The van der Waals surface area contributed by atoms with E-state index < -0.39 is 0 Å². The number of hydrogen-bond acceptors (Lipinski definition) is 3. The average Bonchev–Trinajstić information content (AvgIpc) is 2.97. The van der Waals surface area contributed by atoms with Gasteiger partial charge in [0.1, 0.15) is 0 Å². The Morgan fingerprint density at radius 2 is 2.17 bits per heavy atom. The molecule has 0 atom stereocenters. The van der Waals surface area contributed by atoms with E-state index in [0.29, 0.717) is 0 Å². The van der Waals surface area contributed by atoms with Crippen molar-refractivity contribution in [3.05, 3.63) is 65.5 Å². The molecule has 2 aromatic heterocycles. The zero-order valence-electron chi connectivity index (χ0n) is 13.7. The summed E-state index contributed by atoms with van der Waals surface area (Å²) in [5.74, 6) is -0.0334. The summed E-state index contributed by atoms with van der Waals surface area (Å²) >= 11 is 0. The first-order valence-corrected chi connectivity index (χ1v) is 8.22. The lowest BCUT2D eigenvalue weighted by molar-refractivity contribution is -0.114. The van der Waals surface area contributed by atoms with Crippen molar-refractivity contribution in [1.82, 2.24) is 14.5 Å².